The normalized spacial score (nSPS) is 17.2. The molecule has 2 N–H and O–H groups in total. The van der Waals surface area contributed by atoms with Gasteiger partial charge in [0, 0.05) is 31.2 Å². The third kappa shape index (κ3) is 11.3. The number of hydrogen-bond donors (Lipinski definition) is 2. The summed E-state index contributed by atoms with van der Waals surface area (Å²) < 4.78 is 5.89. The van der Waals surface area contributed by atoms with E-state index in [1.54, 1.807) is 0 Å². The lowest BCUT2D eigenvalue weighted by Gasteiger charge is -2.20. The van der Waals surface area contributed by atoms with Crippen molar-refractivity contribution >= 4 is 41.5 Å². The molecule has 166 valence electrons. The Kier molecular flexibility index (Phi) is 13.7. The van der Waals surface area contributed by atoms with E-state index < -0.39 is 0 Å². The van der Waals surface area contributed by atoms with Gasteiger partial charge in [0.1, 0.15) is 11.9 Å². The fraction of sp³-hybridized carbons (Fsp3) is 0.667. The Morgan fingerprint density at radius 3 is 2.66 bits per heavy atom. The molecule has 0 spiro atoms. The molecule has 1 aliphatic heterocycles. The highest BCUT2D eigenvalue weighted by Gasteiger charge is 2.11. The van der Waals surface area contributed by atoms with Crippen LogP contribution in [0.2, 0.25) is 5.02 Å². The second-order valence-corrected chi connectivity index (χ2v) is 7.82. The first-order valence-electron chi connectivity index (χ1n) is 10.4. The van der Waals surface area contributed by atoms with Crippen molar-refractivity contribution in [2.45, 2.75) is 32.8 Å². The second kappa shape index (κ2) is 15.1. The maximum Gasteiger partial charge on any atom is 0.191 e. The van der Waals surface area contributed by atoms with E-state index in [2.05, 4.69) is 39.4 Å². The summed E-state index contributed by atoms with van der Waals surface area (Å²) in [5.74, 6) is 1.66. The zero-order valence-electron chi connectivity index (χ0n) is 18.0. The van der Waals surface area contributed by atoms with E-state index in [-0.39, 0.29) is 30.1 Å². The van der Waals surface area contributed by atoms with Crippen molar-refractivity contribution < 1.29 is 4.74 Å². The molecule has 0 saturated carbocycles. The molecule has 2 rings (SSSR count). The third-order valence-corrected chi connectivity index (χ3v) is 5.01. The van der Waals surface area contributed by atoms with Gasteiger partial charge in [-0.1, -0.05) is 11.6 Å². The summed E-state index contributed by atoms with van der Waals surface area (Å²) in [6.45, 7) is 12.4. The van der Waals surface area contributed by atoms with Crippen LogP contribution >= 0.6 is 35.6 Å². The van der Waals surface area contributed by atoms with E-state index in [0.717, 1.165) is 37.8 Å². The van der Waals surface area contributed by atoms with Crippen LogP contribution < -0.4 is 15.4 Å². The Hall–Kier alpha value is -0.770. The Morgan fingerprint density at radius 2 is 1.93 bits per heavy atom. The lowest BCUT2D eigenvalue weighted by Crippen LogP contribution is -2.39. The van der Waals surface area contributed by atoms with Gasteiger partial charge in [-0.15, -0.1) is 24.0 Å². The quantitative estimate of drug-likeness (QED) is 0.219. The largest absolute Gasteiger partial charge is 0.489 e. The molecule has 1 saturated heterocycles. The van der Waals surface area contributed by atoms with Crippen LogP contribution in [0, 0.1) is 0 Å². The smallest absolute Gasteiger partial charge is 0.191 e. The van der Waals surface area contributed by atoms with Gasteiger partial charge in [-0.05, 0) is 77.6 Å². The molecular weight excluding hydrogens is 501 g/mol. The van der Waals surface area contributed by atoms with Gasteiger partial charge in [0.2, 0.25) is 0 Å². The highest BCUT2D eigenvalue weighted by molar-refractivity contribution is 14.0. The maximum absolute atomic E-state index is 5.91. The average molecular weight is 538 g/mol. The van der Waals surface area contributed by atoms with Crippen molar-refractivity contribution in [2.75, 3.05) is 59.4 Å². The lowest BCUT2D eigenvalue weighted by molar-refractivity contribution is 0.230. The number of likely N-dealkylation sites (N-methyl/N-ethyl adjacent to an activating group) is 1. The summed E-state index contributed by atoms with van der Waals surface area (Å²) in [7, 11) is 2.21. The zero-order chi connectivity index (χ0) is 20.2. The Morgan fingerprint density at radius 1 is 1.17 bits per heavy atom. The molecule has 1 fully saturated rings. The summed E-state index contributed by atoms with van der Waals surface area (Å²) in [6.07, 6.45) is 2.37. The Balaban J connectivity index is 0.00000420. The summed E-state index contributed by atoms with van der Waals surface area (Å²) in [5, 5.41) is 7.46. The van der Waals surface area contributed by atoms with Crippen LogP contribution in [0.3, 0.4) is 0 Å². The molecule has 0 aliphatic carbocycles. The van der Waals surface area contributed by atoms with E-state index in [9.17, 15) is 0 Å². The predicted molar refractivity (Wildman–Crippen MR) is 134 cm³/mol. The summed E-state index contributed by atoms with van der Waals surface area (Å²) in [6, 6.07) is 7.43. The van der Waals surface area contributed by atoms with E-state index in [4.69, 9.17) is 16.3 Å². The standard InChI is InChI=1S/C21H36ClN5O.HI/c1-4-23-21(24-11-5-13-27-14-6-12-26(3)15-16-27)25-17-18(2)28-20-9-7-19(22)8-10-20;/h7-10,18H,4-6,11-17H2,1-3H3,(H2,23,24,25);1H. The van der Waals surface area contributed by atoms with Gasteiger partial charge in [0.25, 0.3) is 0 Å². The molecule has 6 nitrogen and oxygen atoms in total. The highest BCUT2D eigenvalue weighted by Crippen LogP contribution is 2.16. The van der Waals surface area contributed by atoms with E-state index >= 15 is 0 Å². The molecule has 0 aromatic heterocycles. The summed E-state index contributed by atoms with van der Waals surface area (Å²) in [5.41, 5.74) is 0. The van der Waals surface area contributed by atoms with Crippen LogP contribution in [0.1, 0.15) is 26.7 Å². The minimum Gasteiger partial charge on any atom is -0.489 e. The van der Waals surface area contributed by atoms with Crippen LogP contribution in [-0.2, 0) is 0 Å². The fourth-order valence-corrected chi connectivity index (χ4v) is 3.30. The number of benzene rings is 1. The van der Waals surface area contributed by atoms with Crippen molar-refractivity contribution in [1.29, 1.82) is 0 Å². The molecule has 0 radical (unpaired) electrons. The first kappa shape index (κ1) is 26.3. The lowest BCUT2D eigenvalue weighted by atomic mass is 10.3. The van der Waals surface area contributed by atoms with Crippen LogP contribution in [0.15, 0.2) is 29.3 Å². The minimum atomic E-state index is -0.00859. The Labute approximate surface area is 198 Å². The van der Waals surface area contributed by atoms with Crippen LogP contribution in [0.5, 0.6) is 5.75 Å². The average Bonchev–Trinajstić information content (AvgIpc) is 2.89. The van der Waals surface area contributed by atoms with Gasteiger partial charge in [-0.2, -0.15) is 0 Å². The van der Waals surface area contributed by atoms with Crippen molar-refractivity contribution in [3.8, 4) is 5.75 Å². The van der Waals surface area contributed by atoms with Crippen molar-refractivity contribution in [1.82, 2.24) is 20.4 Å². The molecule has 0 amide bonds. The number of rotatable bonds is 9. The van der Waals surface area contributed by atoms with Gasteiger partial charge in [0.15, 0.2) is 5.96 Å². The number of halogens is 2. The number of guanidine groups is 1. The summed E-state index contributed by atoms with van der Waals surface area (Å²) in [4.78, 5) is 9.64. The maximum atomic E-state index is 5.91. The van der Waals surface area contributed by atoms with Crippen molar-refractivity contribution in [3.05, 3.63) is 29.3 Å². The first-order valence-corrected chi connectivity index (χ1v) is 10.8. The van der Waals surface area contributed by atoms with Crippen LogP contribution in [-0.4, -0.2) is 81.3 Å². The number of ether oxygens (including phenoxy) is 1. The molecule has 1 aliphatic rings. The van der Waals surface area contributed by atoms with Crippen LogP contribution in [0.4, 0.5) is 0 Å². The summed E-state index contributed by atoms with van der Waals surface area (Å²) >= 11 is 5.91. The zero-order valence-corrected chi connectivity index (χ0v) is 21.1. The molecule has 1 atom stereocenters. The number of nitrogens with zero attached hydrogens (tertiary/aromatic N) is 3. The molecule has 1 aromatic rings. The molecule has 8 heteroatoms. The fourth-order valence-electron chi connectivity index (χ4n) is 3.18. The van der Waals surface area contributed by atoms with Crippen molar-refractivity contribution in [3.63, 3.8) is 0 Å². The second-order valence-electron chi connectivity index (χ2n) is 7.38. The van der Waals surface area contributed by atoms with E-state index in [1.165, 1.54) is 32.6 Å². The van der Waals surface area contributed by atoms with Crippen molar-refractivity contribution in [2.24, 2.45) is 4.99 Å². The molecule has 29 heavy (non-hydrogen) atoms. The number of nitrogens with one attached hydrogen (secondary N) is 2. The monoisotopic (exact) mass is 537 g/mol. The van der Waals surface area contributed by atoms with Gasteiger partial charge in [-0.25, -0.2) is 4.99 Å². The molecule has 1 aromatic carbocycles. The van der Waals surface area contributed by atoms with Gasteiger partial charge < -0.3 is 25.2 Å². The van der Waals surface area contributed by atoms with Gasteiger partial charge in [-0.3, -0.25) is 0 Å². The minimum absolute atomic E-state index is 0. The topological polar surface area (TPSA) is 52.1 Å². The molecule has 1 unspecified atom stereocenters. The Bertz CT molecular complexity index is 587. The number of aliphatic imine (C=N–C) groups is 1. The SMILES string of the molecule is CCNC(=NCC(C)Oc1ccc(Cl)cc1)NCCCN1CCCN(C)CC1.I. The third-order valence-electron chi connectivity index (χ3n) is 4.76. The highest BCUT2D eigenvalue weighted by atomic mass is 127. The first-order chi connectivity index (χ1) is 13.6. The molecule has 1 heterocycles. The van der Waals surface area contributed by atoms with Gasteiger partial charge >= 0.3 is 0 Å². The van der Waals surface area contributed by atoms with E-state index in [1.807, 2.05) is 31.2 Å². The number of hydrogen-bond acceptors (Lipinski definition) is 4. The van der Waals surface area contributed by atoms with Gasteiger partial charge in [0.05, 0.1) is 6.54 Å². The van der Waals surface area contributed by atoms with Crippen LogP contribution in [0.25, 0.3) is 0 Å². The predicted octanol–water partition coefficient (Wildman–Crippen LogP) is 3.31. The molecule has 0 bridgehead atoms. The molecular formula is C21H37ClIN5O. The van der Waals surface area contributed by atoms with E-state index in [0.29, 0.717) is 11.6 Å².